The van der Waals surface area contributed by atoms with Gasteiger partial charge in [-0.2, -0.15) is 0 Å². The summed E-state index contributed by atoms with van der Waals surface area (Å²) in [5, 5.41) is 7.39. The molecule has 3 nitrogen and oxygen atoms in total. The van der Waals surface area contributed by atoms with Gasteiger partial charge >= 0.3 is 0 Å². The summed E-state index contributed by atoms with van der Waals surface area (Å²) in [4.78, 5) is 15.1. The van der Waals surface area contributed by atoms with E-state index in [1.165, 1.54) is 93.5 Å². The SMILES string of the molecule is c1ccc(-c2nc(-c3ccccc3)nc(-c3cccc(-c4cccc5c6ccccc6c6cc(-c7ccc8c(c7)C7(c9ccccc9-c9ccccc97)c7ccccc7-8)ccc6c45)c3)n2)cc1. The van der Waals surface area contributed by atoms with Crippen LogP contribution < -0.4 is 0 Å². The van der Waals surface area contributed by atoms with Crippen molar-refractivity contribution in [2.75, 3.05) is 0 Å². The van der Waals surface area contributed by atoms with Crippen LogP contribution in [-0.2, 0) is 5.41 Å². The zero-order valence-electron chi connectivity index (χ0n) is 36.4. The van der Waals surface area contributed by atoms with Gasteiger partial charge < -0.3 is 0 Å². The zero-order chi connectivity index (χ0) is 44.1. The van der Waals surface area contributed by atoms with E-state index in [9.17, 15) is 0 Å². The van der Waals surface area contributed by atoms with Crippen LogP contribution in [-0.4, -0.2) is 15.0 Å². The van der Waals surface area contributed by atoms with Gasteiger partial charge in [0.25, 0.3) is 0 Å². The van der Waals surface area contributed by atoms with Gasteiger partial charge in [-0.3, -0.25) is 0 Å². The van der Waals surface area contributed by atoms with E-state index in [0.29, 0.717) is 17.5 Å². The molecule has 12 aromatic rings. The Hall–Kier alpha value is -8.79. The van der Waals surface area contributed by atoms with E-state index < -0.39 is 5.41 Å². The third-order valence-electron chi connectivity index (χ3n) is 14.3. The van der Waals surface area contributed by atoms with Gasteiger partial charge in [-0.1, -0.05) is 218 Å². The number of nitrogens with zero attached hydrogens (tertiary/aromatic N) is 3. The van der Waals surface area contributed by atoms with E-state index in [1.54, 1.807) is 0 Å². The topological polar surface area (TPSA) is 38.7 Å². The smallest absolute Gasteiger partial charge is 0.164 e. The predicted molar refractivity (Wildman–Crippen MR) is 276 cm³/mol. The molecule has 14 rings (SSSR count). The van der Waals surface area contributed by atoms with Crippen LogP contribution in [0.5, 0.6) is 0 Å². The van der Waals surface area contributed by atoms with Crippen molar-refractivity contribution in [1.29, 1.82) is 0 Å². The zero-order valence-corrected chi connectivity index (χ0v) is 36.4. The van der Waals surface area contributed by atoms with Crippen LogP contribution in [0.15, 0.2) is 237 Å². The molecule has 67 heavy (non-hydrogen) atoms. The van der Waals surface area contributed by atoms with E-state index in [2.05, 4.69) is 200 Å². The average Bonchev–Trinajstić information content (AvgIpc) is 3.88. The minimum Gasteiger partial charge on any atom is -0.208 e. The maximum absolute atomic E-state index is 5.08. The van der Waals surface area contributed by atoms with E-state index in [4.69, 9.17) is 15.0 Å². The lowest BCUT2D eigenvalue weighted by Crippen LogP contribution is -2.25. The molecule has 0 unspecified atom stereocenters. The fourth-order valence-electron chi connectivity index (χ4n) is 11.5. The molecule has 0 bridgehead atoms. The second-order valence-electron chi connectivity index (χ2n) is 17.8. The van der Waals surface area contributed by atoms with Crippen molar-refractivity contribution in [3.8, 4) is 78.7 Å². The van der Waals surface area contributed by atoms with E-state index in [-0.39, 0.29) is 0 Å². The van der Waals surface area contributed by atoms with Gasteiger partial charge in [-0.25, -0.2) is 15.0 Å². The molecule has 310 valence electrons. The molecule has 0 aliphatic heterocycles. The molecule has 0 radical (unpaired) electrons. The van der Waals surface area contributed by atoms with Crippen LogP contribution in [0, 0.1) is 0 Å². The Balaban J connectivity index is 0.947. The maximum Gasteiger partial charge on any atom is 0.164 e. The lowest BCUT2D eigenvalue weighted by atomic mass is 9.70. The molecule has 0 saturated heterocycles. The standard InChI is InChI=1S/C64H39N3/c1-3-17-40(18-4-1)61-65-62(41-19-5-2-6-20-41)67-63(66-61)45-22-15-21-44(37-45)46-28-16-29-53-47-23-7-8-24-48(47)55-38-42(34-36-54(55)60(46)53)43-33-35-52-51-27-11-14-32-58(51)64(59(52)39-43)56-30-12-9-25-49(56)50-26-10-13-31-57(50)64/h1-39H. The third-order valence-corrected chi connectivity index (χ3v) is 14.3. The molecule has 0 fully saturated rings. The number of aromatic nitrogens is 3. The average molecular weight is 850 g/mol. The molecule has 0 N–H and O–H groups in total. The minimum absolute atomic E-state index is 0.397. The Morgan fingerprint density at radius 1 is 0.224 bits per heavy atom. The van der Waals surface area contributed by atoms with Gasteiger partial charge in [0.1, 0.15) is 0 Å². The molecule has 0 saturated carbocycles. The molecule has 11 aromatic carbocycles. The molecule has 0 amide bonds. The van der Waals surface area contributed by atoms with Crippen LogP contribution in [0.2, 0.25) is 0 Å². The Kier molecular flexibility index (Phi) is 8.20. The largest absolute Gasteiger partial charge is 0.208 e. The fraction of sp³-hybridized carbons (Fsp3) is 0.0156. The quantitative estimate of drug-likeness (QED) is 0.162. The number of benzene rings is 11. The summed E-state index contributed by atoms with van der Waals surface area (Å²) in [5.41, 5.74) is 17.8. The summed E-state index contributed by atoms with van der Waals surface area (Å²) in [6.45, 7) is 0. The lowest BCUT2D eigenvalue weighted by molar-refractivity contribution is 0.794. The lowest BCUT2D eigenvalue weighted by Gasteiger charge is -2.30. The van der Waals surface area contributed by atoms with Crippen LogP contribution in [0.3, 0.4) is 0 Å². The highest BCUT2D eigenvalue weighted by Crippen LogP contribution is 2.63. The fourth-order valence-corrected chi connectivity index (χ4v) is 11.5. The normalized spacial score (nSPS) is 12.9. The Morgan fingerprint density at radius 3 is 1.27 bits per heavy atom. The second kappa shape index (κ2) is 14.6. The monoisotopic (exact) mass is 849 g/mol. The van der Waals surface area contributed by atoms with Gasteiger partial charge in [0, 0.05) is 16.7 Å². The summed E-state index contributed by atoms with van der Waals surface area (Å²) in [6, 6.07) is 86.0. The molecule has 3 heteroatoms. The van der Waals surface area contributed by atoms with E-state index in [0.717, 1.165) is 22.3 Å². The van der Waals surface area contributed by atoms with Crippen LogP contribution in [0.4, 0.5) is 0 Å². The number of fused-ring (bicyclic) bond motifs is 16. The molecular weight excluding hydrogens is 811 g/mol. The summed E-state index contributed by atoms with van der Waals surface area (Å²) >= 11 is 0. The molecule has 2 aliphatic rings. The van der Waals surface area contributed by atoms with Crippen LogP contribution >= 0.6 is 0 Å². The molecule has 1 aromatic heterocycles. The number of hydrogen-bond acceptors (Lipinski definition) is 3. The summed E-state index contributed by atoms with van der Waals surface area (Å²) in [6.07, 6.45) is 0. The highest BCUT2D eigenvalue weighted by atomic mass is 15.0. The van der Waals surface area contributed by atoms with Crippen molar-refractivity contribution >= 4 is 32.3 Å². The first-order valence-corrected chi connectivity index (χ1v) is 23.0. The summed E-state index contributed by atoms with van der Waals surface area (Å²) < 4.78 is 0. The van der Waals surface area contributed by atoms with Gasteiger partial charge in [-0.05, 0) is 117 Å². The Morgan fingerprint density at radius 2 is 0.642 bits per heavy atom. The summed E-state index contributed by atoms with van der Waals surface area (Å²) in [5.74, 6) is 1.93. The number of rotatable bonds is 5. The molecule has 2 aliphatic carbocycles. The van der Waals surface area contributed by atoms with Gasteiger partial charge in [-0.15, -0.1) is 0 Å². The van der Waals surface area contributed by atoms with Gasteiger partial charge in [0.15, 0.2) is 17.5 Å². The van der Waals surface area contributed by atoms with Crippen molar-refractivity contribution in [2.24, 2.45) is 0 Å². The molecule has 1 heterocycles. The van der Waals surface area contributed by atoms with Crippen molar-refractivity contribution in [3.05, 3.63) is 259 Å². The Bertz CT molecular complexity index is 3860. The first-order chi connectivity index (χ1) is 33.2. The first-order valence-electron chi connectivity index (χ1n) is 23.0. The molecule has 0 atom stereocenters. The van der Waals surface area contributed by atoms with Gasteiger partial charge in [0.2, 0.25) is 0 Å². The highest BCUT2D eigenvalue weighted by Gasteiger charge is 2.51. The van der Waals surface area contributed by atoms with Crippen LogP contribution in [0.25, 0.3) is 111 Å². The molecule has 1 spiro atoms. The highest BCUT2D eigenvalue weighted by molar-refractivity contribution is 6.29. The van der Waals surface area contributed by atoms with E-state index >= 15 is 0 Å². The van der Waals surface area contributed by atoms with Crippen molar-refractivity contribution in [2.45, 2.75) is 5.41 Å². The minimum atomic E-state index is -0.397. The maximum atomic E-state index is 5.08. The van der Waals surface area contributed by atoms with Crippen molar-refractivity contribution < 1.29 is 0 Å². The van der Waals surface area contributed by atoms with Gasteiger partial charge in [0.05, 0.1) is 5.41 Å². The predicted octanol–water partition coefficient (Wildman–Crippen LogP) is 16.0. The van der Waals surface area contributed by atoms with Crippen molar-refractivity contribution in [3.63, 3.8) is 0 Å². The first kappa shape index (κ1) is 37.6. The second-order valence-corrected chi connectivity index (χ2v) is 17.8. The summed E-state index contributed by atoms with van der Waals surface area (Å²) in [7, 11) is 0. The Labute approximate surface area is 388 Å². The van der Waals surface area contributed by atoms with E-state index in [1.807, 2.05) is 36.4 Å². The molecular formula is C64H39N3. The number of hydrogen-bond donors (Lipinski definition) is 0. The third kappa shape index (κ3) is 5.55. The van der Waals surface area contributed by atoms with Crippen molar-refractivity contribution in [1.82, 2.24) is 15.0 Å². The van der Waals surface area contributed by atoms with Crippen LogP contribution in [0.1, 0.15) is 22.3 Å².